The van der Waals surface area contributed by atoms with E-state index in [2.05, 4.69) is 11.7 Å². The summed E-state index contributed by atoms with van der Waals surface area (Å²) in [5.74, 6) is -1.99. The van der Waals surface area contributed by atoms with Crippen LogP contribution in [0.1, 0.15) is 22.9 Å². The van der Waals surface area contributed by atoms with Crippen molar-refractivity contribution in [2.75, 3.05) is 11.5 Å². The molecule has 0 aliphatic carbocycles. The van der Waals surface area contributed by atoms with E-state index < -0.39 is 29.3 Å². The average molecular weight is 434 g/mol. The van der Waals surface area contributed by atoms with Crippen LogP contribution >= 0.6 is 0 Å². The summed E-state index contributed by atoms with van der Waals surface area (Å²) in [6.45, 7) is 5.51. The van der Waals surface area contributed by atoms with Crippen LogP contribution in [-0.4, -0.2) is 28.6 Å². The van der Waals surface area contributed by atoms with Crippen molar-refractivity contribution in [1.29, 1.82) is 0 Å². The molecule has 1 saturated heterocycles. The lowest BCUT2D eigenvalue weighted by molar-refractivity contribution is -0.132. The largest absolute Gasteiger partial charge is 0.507 e. The van der Waals surface area contributed by atoms with Gasteiger partial charge in [-0.1, -0.05) is 36.0 Å². The third kappa shape index (κ3) is 3.66. The molecule has 1 amide bonds. The Bertz CT molecular complexity index is 1230. The number of aliphatic hydroxyl groups excluding tert-OH is 1. The molecule has 1 aromatic heterocycles. The number of aryl methyl sites for hydroxylation is 1. The monoisotopic (exact) mass is 434 g/mol. The molecule has 7 nitrogen and oxygen atoms in total. The highest BCUT2D eigenvalue weighted by Crippen LogP contribution is 2.42. The fraction of sp³-hybridized carbons (Fsp3) is 0.125. The minimum atomic E-state index is -1.22. The first-order chi connectivity index (χ1) is 15.4. The summed E-state index contributed by atoms with van der Waals surface area (Å²) in [6.07, 6.45) is 1.59. The standard InChI is InChI=1S/C24H19FN2O5/c1-3-12-31-16-10-8-15(9-11-16)22(28)20-21(17-6-4-5-7-18(17)25)27(24(30)23(20)29)19-13-14(2)32-26-19/h3-11,13,21,28H,1,12H2,2H3/b22-20+/t21-/m0/s1. The minimum absolute atomic E-state index is 0.0415. The predicted octanol–water partition coefficient (Wildman–Crippen LogP) is 4.31. The van der Waals surface area contributed by atoms with Crippen LogP contribution in [0, 0.1) is 12.7 Å². The van der Waals surface area contributed by atoms with Gasteiger partial charge in [-0.15, -0.1) is 0 Å². The van der Waals surface area contributed by atoms with E-state index >= 15 is 0 Å². The number of ketones is 1. The Kier molecular flexibility index (Phi) is 5.59. The van der Waals surface area contributed by atoms with E-state index in [1.54, 1.807) is 43.3 Å². The van der Waals surface area contributed by atoms with Gasteiger partial charge in [0, 0.05) is 17.2 Å². The SMILES string of the molecule is C=CCOc1ccc(/C(O)=C2\C(=O)C(=O)N(c3cc(C)on3)[C@H]2c2ccccc2F)cc1. The summed E-state index contributed by atoms with van der Waals surface area (Å²) < 4.78 is 25.3. The Hall–Kier alpha value is -4.20. The van der Waals surface area contributed by atoms with Gasteiger partial charge in [0.2, 0.25) is 0 Å². The molecular formula is C24H19FN2O5. The Balaban J connectivity index is 1.86. The second kappa shape index (κ2) is 8.50. The van der Waals surface area contributed by atoms with Crippen molar-refractivity contribution in [3.63, 3.8) is 0 Å². The van der Waals surface area contributed by atoms with Gasteiger partial charge in [0.05, 0.1) is 11.6 Å². The van der Waals surface area contributed by atoms with Crippen molar-refractivity contribution in [2.24, 2.45) is 0 Å². The third-order valence-electron chi connectivity index (χ3n) is 5.00. The van der Waals surface area contributed by atoms with E-state index in [-0.39, 0.29) is 22.5 Å². The number of amides is 1. The first-order valence-corrected chi connectivity index (χ1v) is 9.75. The maximum atomic E-state index is 14.8. The molecule has 3 aromatic rings. The summed E-state index contributed by atoms with van der Waals surface area (Å²) >= 11 is 0. The maximum absolute atomic E-state index is 14.8. The molecule has 2 aromatic carbocycles. The summed E-state index contributed by atoms with van der Waals surface area (Å²) in [6, 6.07) is 12.3. The number of ether oxygens (including phenoxy) is 1. The molecule has 4 rings (SSSR count). The van der Waals surface area contributed by atoms with Gasteiger partial charge in [-0.2, -0.15) is 0 Å². The van der Waals surface area contributed by atoms with Gasteiger partial charge in [0.1, 0.15) is 29.7 Å². The van der Waals surface area contributed by atoms with Crippen LogP contribution in [0.2, 0.25) is 0 Å². The Morgan fingerprint density at radius 3 is 2.59 bits per heavy atom. The van der Waals surface area contributed by atoms with E-state index in [1.165, 1.54) is 24.3 Å². The second-order valence-electron chi connectivity index (χ2n) is 7.11. The molecule has 8 heteroatoms. The molecule has 162 valence electrons. The topological polar surface area (TPSA) is 92.9 Å². The third-order valence-corrected chi connectivity index (χ3v) is 5.00. The van der Waals surface area contributed by atoms with Crippen molar-refractivity contribution in [3.8, 4) is 5.75 Å². The van der Waals surface area contributed by atoms with Crippen LogP contribution in [0.4, 0.5) is 10.2 Å². The molecule has 0 spiro atoms. The Labute approximate surface area is 183 Å². The first kappa shape index (κ1) is 21.0. The van der Waals surface area contributed by atoms with Crippen LogP contribution in [0.25, 0.3) is 5.76 Å². The van der Waals surface area contributed by atoms with Crippen LogP contribution in [0.3, 0.4) is 0 Å². The zero-order valence-electron chi connectivity index (χ0n) is 17.1. The number of halogens is 1. The lowest BCUT2D eigenvalue weighted by Gasteiger charge is -2.23. The van der Waals surface area contributed by atoms with Gasteiger partial charge in [0.15, 0.2) is 5.82 Å². The van der Waals surface area contributed by atoms with Crippen LogP contribution in [-0.2, 0) is 9.59 Å². The van der Waals surface area contributed by atoms with E-state index in [9.17, 15) is 19.1 Å². The molecule has 0 unspecified atom stereocenters. The molecule has 0 radical (unpaired) electrons. The number of carbonyl (C=O) groups is 2. The number of anilines is 1. The van der Waals surface area contributed by atoms with Crippen LogP contribution in [0.5, 0.6) is 5.75 Å². The summed E-state index contributed by atoms with van der Waals surface area (Å²) in [4.78, 5) is 26.9. The summed E-state index contributed by atoms with van der Waals surface area (Å²) in [7, 11) is 0. The zero-order chi connectivity index (χ0) is 22.8. The van der Waals surface area contributed by atoms with Crippen LogP contribution < -0.4 is 9.64 Å². The molecule has 1 fully saturated rings. The number of aliphatic hydroxyl groups is 1. The highest BCUT2D eigenvalue weighted by molar-refractivity contribution is 6.51. The second-order valence-corrected chi connectivity index (χ2v) is 7.11. The van der Waals surface area contributed by atoms with Gasteiger partial charge in [-0.05, 0) is 37.3 Å². The Morgan fingerprint density at radius 2 is 1.97 bits per heavy atom. The van der Waals surface area contributed by atoms with E-state index in [1.807, 2.05) is 0 Å². The first-order valence-electron chi connectivity index (χ1n) is 9.75. The van der Waals surface area contributed by atoms with Gasteiger partial charge in [-0.3, -0.25) is 14.5 Å². The number of rotatable bonds is 6. The number of Topliss-reactive ketones (excluding diaryl/α,β-unsaturated/α-hetero) is 1. The zero-order valence-corrected chi connectivity index (χ0v) is 17.1. The fourth-order valence-electron chi connectivity index (χ4n) is 3.55. The van der Waals surface area contributed by atoms with Crippen molar-refractivity contribution in [2.45, 2.75) is 13.0 Å². The number of nitrogens with zero attached hydrogens (tertiary/aromatic N) is 2. The van der Waals surface area contributed by atoms with Crippen molar-refractivity contribution in [1.82, 2.24) is 5.16 Å². The summed E-state index contributed by atoms with van der Waals surface area (Å²) in [5, 5.41) is 14.8. The lowest BCUT2D eigenvalue weighted by Crippen LogP contribution is -2.30. The highest BCUT2D eigenvalue weighted by Gasteiger charge is 2.48. The van der Waals surface area contributed by atoms with Crippen molar-refractivity contribution in [3.05, 3.63) is 95.5 Å². The van der Waals surface area contributed by atoms with Gasteiger partial charge < -0.3 is 14.4 Å². The molecule has 0 saturated carbocycles. The molecular weight excluding hydrogens is 415 g/mol. The van der Waals surface area contributed by atoms with E-state index in [0.717, 1.165) is 4.90 Å². The molecule has 1 N–H and O–H groups in total. The number of benzene rings is 2. The average Bonchev–Trinajstić information content (AvgIpc) is 3.33. The number of carbonyl (C=O) groups excluding carboxylic acids is 2. The van der Waals surface area contributed by atoms with E-state index in [4.69, 9.17) is 9.26 Å². The number of hydrogen-bond acceptors (Lipinski definition) is 6. The molecule has 1 aliphatic heterocycles. The smallest absolute Gasteiger partial charge is 0.301 e. The molecule has 0 bridgehead atoms. The summed E-state index contributed by atoms with van der Waals surface area (Å²) in [5.41, 5.74) is 0.0620. The lowest BCUT2D eigenvalue weighted by atomic mass is 9.95. The van der Waals surface area contributed by atoms with Crippen molar-refractivity contribution < 1.29 is 28.3 Å². The Morgan fingerprint density at radius 1 is 1.25 bits per heavy atom. The van der Waals surface area contributed by atoms with Gasteiger partial charge in [-0.25, -0.2) is 4.39 Å². The van der Waals surface area contributed by atoms with E-state index in [0.29, 0.717) is 18.1 Å². The fourth-order valence-corrected chi connectivity index (χ4v) is 3.55. The highest BCUT2D eigenvalue weighted by atomic mass is 19.1. The van der Waals surface area contributed by atoms with Gasteiger partial charge in [0.25, 0.3) is 5.78 Å². The van der Waals surface area contributed by atoms with Crippen molar-refractivity contribution >= 4 is 23.3 Å². The quantitative estimate of drug-likeness (QED) is 0.269. The number of aromatic nitrogens is 1. The molecule has 1 atom stereocenters. The van der Waals surface area contributed by atoms with Gasteiger partial charge >= 0.3 is 5.91 Å². The number of hydrogen-bond donors (Lipinski definition) is 1. The normalized spacial score (nSPS) is 17.6. The molecule has 32 heavy (non-hydrogen) atoms. The molecule has 1 aliphatic rings. The molecule has 2 heterocycles. The maximum Gasteiger partial charge on any atom is 0.301 e. The predicted molar refractivity (Wildman–Crippen MR) is 115 cm³/mol. The minimum Gasteiger partial charge on any atom is -0.507 e. The van der Waals surface area contributed by atoms with Crippen LogP contribution in [0.15, 0.2) is 77.3 Å².